The highest BCUT2D eigenvalue weighted by Crippen LogP contribution is 2.02. The summed E-state index contributed by atoms with van der Waals surface area (Å²) < 4.78 is 0. The molecule has 4 heteroatoms. The first kappa shape index (κ1) is 20.0. The van der Waals surface area contributed by atoms with E-state index in [2.05, 4.69) is 65.0 Å². The number of allylic oxidation sites excluding steroid dienone is 1. The number of guanidine groups is 1. The van der Waals surface area contributed by atoms with Crippen LogP contribution in [0.25, 0.3) is 0 Å². The Balaban J connectivity index is 0.00000400. The normalized spacial score (nSPS) is 11.2. The van der Waals surface area contributed by atoms with Crippen LogP contribution in [-0.4, -0.2) is 25.6 Å². The topological polar surface area (TPSA) is 36.4 Å². The maximum atomic E-state index is 4.60. The van der Waals surface area contributed by atoms with Gasteiger partial charge in [-0.2, -0.15) is 0 Å². The van der Waals surface area contributed by atoms with Gasteiger partial charge in [-0.3, -0.25) is 4.99 Å². The Hall–Kier alpha value is -1.04. The first-order valence-corrected chi connectivity index (χ1v) is 7.54. The van der Waals surface area contributed by atoms with Crippen LogP contribution in [0.4, 0.5) is 0 Å². The maximum Gasteiger partial charge on any atom is 0.191 e. The lowest BCUT2D eigenvalue weighted by Gasteiger charge is -2.10. The highest BCUT2D eigenvalue weighted by Gasteiger charge is 1.96. The summed E-state index contributed by atoms with van der Waals surface area (Å²) in [5.41, 5.74) is 1.38. The highest BCUT2D eigenvalue weighted by molar-refractivity contribution is 14.0. The van der Waals surface area contributed by atoms with Gasteiger partial charge in [-0.25, -0.2) is 0 Å². The van der Waals surface area contributed by atoms with E-state index in [1.807, 2.05) is 6.92 Å². The van der Waals surface area contributed by atoms with E-state index in [-0.39, 0.29) is 24.0 Å². The van der Waals surface area contributed by atoms with Gasteiger partial charge in [0.2, 0.25) is 0 Å². The summed E-state index contributed by atoms with van der Waals surface area (Å²) in [7, 11) is 0. The van der Waals surface area contributed by atoms with Gasteiger partial charge >= 0.3 is 0 Å². The van der Waals surface area contributed by atoms with Crippen molar-refractivity contribution in [3.63, 3.8) is 0 Å². The van der Waals surface area contributed by atoms with Crippen molar-refractivity contribution in [3.05, 3.63) is 48.0 Å². The molecule has 0 unspecified atom stereocenters. The van der Waals surface area contributed by atoms with Crippen molar-refractivity contribution in [1.29, 1.82) is 0 Å². The van der Waals surface area contributed by atoms with Gasteiger partial charge in [-0.15, -0.1) is 24.0 Å². The molecule has 0 saturated heterocycles. The first-order valence-electron chi connectivity index (χ1n) is 7.54. The summed E-state index contributed by atoms with van der Waals surface area (Å²) in [4.78, 5) is 4.60. The van der Waals surface area contributed by atoms with Gasteiger partial charge in [0.1, 0.15) is 0 Å². The third kappa shape index (κ3) is 10.3. The van der Waals surface area contributed by atoms with Crippen molar-refractivity contribution in [2.24, 2.45) is 4.99 Å². The monoisotopic (exact) mass is 401 g/mol. The van der Waals surface area contributed by atoms with Crippen LogP contribution in [0.2, 0.25) is 0 Å². The molecule has 2 N–H and O–H groups in total. The first-order chi connectivity index (χ1) is 9.86. The molecule has 0 aliphatic carbocycles. The zero-order valence-electron chi connectivity index (χ0n) is 13.1. The van der Waals surface area contributed by atoms with E-state index in [0.29, 0.717) is 0 Å². The van der Waals surface area contributed by atoms with Gasteiger partial charge in [0.25, 0.3) is 0 Å². The van der Waals surface area contributed by atoms with Crippen molar-refractivity contribution in [3.8, 4) is 0 Å². The minimum absolute atomic E-state index is 0. The molecule has 0 heterocycles. The Bertz CT molecular complexity index is 402. The predicted octanol–water partition coefficient (Wildman–Crippen LogP) is 3.76. The minimum Gasteiger partial charge on any atom is -0.357 e. The van der Waals surface area contributed by atoms with E-state index in [4.69, 9.17) is 0 Å². The molecule has 0 saturated carbocycles. The Morgan fingerprint density at radius 3 is 2.62 bits per heavy atom. The number of aliphatic imine (C=N–C) groups is 1. The molecule has 0 radical (unpaired) electrons. The standard InChI is InChI=1S/C17H27N3.HI/c1-3-5-9-14-19-17(18-4-2)20-15-10-13-16-11-7-6-8-12-16;/h3,5-8,11-12H,4,9-10,13-15H2,1-2H3,(H2,18,19,20);1H/b5-3+;. The number of benzene rings is 1. The van der Waals surface area contributed by atoms with Crippen molar-refractivity contribution in [2.75, 3.05) is 19.6 Å². The number of nitrogens with zero attached hydrogens (tertiary/aromatic N) is 1. The van der Waals surface area contributed by atoms with Crippen LogP contribution in [0.1, 0.15) is 32.3 Å². The summed E-state index contributed by atoms with van der Waals surface area (Å²) in [5.74, 6) is 0.921. The lowest BCUT2D eigenvalue weighted by Crippen LogP contribution is -2.37. The fraction of sp³-hybridized carbons (Fsp3) is 0.471. The largest absolute Gasteiger partial charge is 0.357 e. The second-order valence-corrected chi connectivity index (χ2v) is 4.63. The lowest BCUT2D eigenvalue weighted by molar-refractivity contribution is 0.782. The number of hydrogen-bond donors (Lipinski definition) is 2. The molecule has 118 valence electrons. The molecule has 0 bridgehead atoms. The van der Waals surface area contributed by atoms with E-state index < -0.39 is 0 Å². The van der Waals surface area contributed by atoms with Gasteiger partial charge in [-0.05, 0) is 38.7 Å². The molecule has 0 aromatic heterocycles. The highest BCUT2D eigenvalue weighted by atomic mass is 127. The number of nitrogens with one attached hydrogen (secondary N) is 2. The quantitative estimate of drug-likeness (QED) is 0.229. The number of aryl methyl sites for hydroxylation is 1. The molecular formula is C17H28IN3. The minimum atomic E-state index is 0. The average Bonchev–Trinajstić information content (AvgIpc) is 2.49. The second kappa shape index (κ2) is 13.9. The number of hydrogen-bond acceptors (Lipinski definition) is 1. The van der Waals surface area contributed by atoms with Crippen LogP contribution in [0, 0.1) is 0 Å². The summed E-state index contributed by atoms with van der Waals surface area (Å²) >= 11 is 0. The van der Waals surface area contributed by atoms with Gasteiger partial charge in [0.15, 0.2) is 5.96 Å². The molecule has 0 spiro atoms. The SMILES string of the molecule is C/C=C/CCNC(=NCCCc1ccccc1)NCC.I. The maximum absolute atomic E-state index is 4.60. The average molecular weight is 401 g/mol. The predicted molar refractivity (Wildman–Crippen MR) is 104 cm³/mol. The molecule has 1 rings (SSSR count). The Kier molecular flexibility index (Phi) is 13.2. The Labute approximate surface area is 146 Å². The van der Waals surface area contributed by atoms with Crippen molar-refractivity contribution < 1.29 is 0 Å². The van der Waals surface area contributed by atoms with Gasteiger partial charge in [-0.1, -0.05) is 42.5 Å². The van der Waals surface area contributed by atoms with E-state index in [9.17, 15) is 0 Å². The molecule has 21 heavy (non-hydrogen) atoms. The van der Waals surface area contributed by atoms with E-state index in [1.165, 1.54) is 5.56 Å². The van der Waals surface area contributed by atoms with Crippen molar-refractivity contribution in [1.82, 2.24) is 10.6 Å². The lowest BCUT2D eigenvalue weighted by atomic mass is 10.1. The molecule has 1 aromatic carbocycles. The Morgan fingerprint density at radius 2 is 1.95 bits per heavy atom. The van der Waals surface area contributed by atoms with E-state index >= 15 is 0 Å². The second-order valence-electron chi connectivity index (χ2n) is 4.63. The fourth-order valence-electron chi connectivity index (χ4n) is 1.90. The third-order valence-corrected chi connectivity index (χ3v) is 2.92. The molecule has 0 fully saturated rings. The van der Waals surface area contributed by atoms with Crippen molar-refractivity contribution >= 4 is 29.9 Å². The molecular weight excluding hydrogens is 373 g/mol. The Morgan fingerprint density at radius 1 is 1.19 bits per heavy atom. The molecule has 0 aliphatic rings. The van der Waals surface area contributed by atoms with Crippen molar-refractivity contribution in [2.45, 2.75) is 33.1 Å². The molecule has 1 aromatic rings. The van der Waals surface area contributed by atoms with Crippen LogP contribution < -0.4 is 10.6 Å². The fourth-order valence-corrected chi connectivity index (χ4v) is 1.90. The van der Waals surface area contributed by atoms with Crippen LogP contribution in [-0.2, 0) is 6.42 Å². The van der Waals surface area contributed by atoms with Gasteiger partial charge in [0.05, 0.1) is 0 Å². The van der Waals surface area contributed by atoms with E-state index in [1.54, 1.807) is 0 Å². The summed E-state index contributed by atoms with van der Waals surface area (Å²) in [6, 6.07) is 10.6. The van der Waals surface area contributed by atoms with Gasteiger partial charge < -0.3 is 10.6 Å². The summed E-state index contributed by atoms with van der Waals surface area (Å²) in [6.45, 7) is 6.81. The molecule has 0 atom stereocenters. The molecule has 0 aliphatic heterocycles. The summed E-state index contributed by atoms with van der Waals surface area (Å²) in [5, 5.41) is 6.61. The van der Waals surface area contributed by atoms with Crippen LogP contribution in [0.3, 0.4) is 0 Å². The zero-order chi connectivity index (χ0) is 14.5. The smallest absolute Gasteiger partial charge is 0.191 e. The number of halogens is 1. The van der Waals surface area contributed by atoms with Crippen LogP contribution in [0.15, 0.2) is 47.5 Å². The van der Waals surface area contributed by atoms with Crippen LogP contribution in [0.5, 0.6) is 0 Å². The zero-order valence-corrected chi connectivity index (χ0v) is 15.5. The van der Waals surface area contributed by atoms with Gasteiger partial charge in [0, 0.05) is 19.6 Å². The molecule has 0 amide bonds. The number of rotatable bonds is 8. The third-order valence-electron chi connectivity index (χ3n) is 2.92. The molecule has 3 nitrogen and oxygen atoms in total. The van der Waals surface area contributed by atoms with E-state index in [0.717, 1.165) is 44.9 Å². The van der Waals surface area contributed by atoms with Crippen LogP contribution >= 0.6 is 24.0 Å². The summed E-state index contributed by atoms with van der Waals surface area (Å²) in [6.07, 6.45) is 7.43.